The van der Waals surface area contributed by atoms with E-state index < -0.39 is 67.4 Å². The number of esters is 4. The van der Waals surface area contributed by atoms with Gasteiger partial charge in [0.05, 0.1) is 11.5 Å². The van der Waals surface area contributed by atoms with E-state index in [1.54, 1.807) is 0 Å². The van der Waals surface area contributed by atoms with E-state index in [1.165, 1.54) is 27.7 Å². The lowest BCUT2D eigenvalue weighted by Crippen LogP contribution is -2.65. The Balaban J connectivity index is 2.37. The van der Waals surface area contributed by atoms with Crippen LogP contribution >= 0.6 is 0 Å². The lowest BCUT2D eigenvalue weighted by atomic mass is 9.49. The fourth-order valence-corrected chi connectivity index (χ4v) is 11.3. The van der Waals surface area contributed by atoms with Crippen molar-refractivity contribution in [3.8, 4) is 0 Å². The van der Waals surface area contributed by atoms with Gasteiger partial charge in [-0.2, -0.15) is 0 Å². The van der Waals surface area contributed by atoms with E-state index in [0.29, 0.717) is 19.3 Å². The minimum Gasteiger partial charge on any atom is -0.462 e. The monoisotopic (exact) mass is 634 g/mol. The lowest BCUT2D eigenvalue weighted by molar-refractivity contribution is -0.210. The minimum absolute atomic E-state index is 0.0368. The van der Waals surface area contributed by atoms with Gasteiger partial charge in [-0.3, -0.25) is 19.2 Å². The maximum atomic E-state index is 12.9. The highest BCUT2D eigenvalue weighted by Gasteiger charge is 2.64. The number of carbonyl (C=O) groups excluding carboxylic acids is 4. The van der Waals surface area contributed by atoms with E-state index in [4.69, 9.17) is 23.4 Å². The van der Waals surface area contributed by atoms with Gasteiger partial charge in [-0.15, -0.1) is 0 Å². The predicted molar refractivity (Wildman–Crippen MR) is 169 cm³/mol. The van der Waals surface area contributed by atoms with Crippen LogP contribution in [0.2, 0.25) is 18.1 Å². The molecule has 0 aliphatic heterocycles. The van der Waals surface area contributed by atoms with Gasteiger partial charge in [0.1, 0.15) is 12.2 Å². The number of fused-ring (bicyclic) bond motifs is 3. The summed E-state index contributed by atoms with van der Waals surface area (Å²) in [7, 11) is -2.11. The van der Waals surface area contributed by atoms with Crippen molar-refractivity contribution in [2.45, 2.75) is 144 Å². The highest BCUT2D eigenvalue weighted by molar-refractivity contribution is 6.73. The Kier molecular flexibility index (Phi) is 11.0. The quantitative estimate of drug-likeness (QED) is 0.122. The van der Waals surface area contributed by atoms with Crippen LogP contribution in [0.4, 0.5) is 0 Å². The summed E-state index contributed by atoms with van der Waals surface area (Å²) in [6.45, 7) is 24.6. The summed E-state index contributed by atoms with van der Waals surface area (Å²) >= 11 is 0. The summed E-state index contributed by atoms with van der Waals surface area (Å²) in [4.78, 5) is 50.6. The molecule has 8 atom stereocenters. The van der Waals surface area contributed by atoms with Crippen molar-refractivity contribution >= 4 is 32.2 Å². The molecule has 0 saturated heterocycles. The molecule has 9 nitrogen and oxygen atoms in total. The molecule has 0 radical (unpaired) electrons. The van der Waals surface area contributed by atoms with Gasteiger partial charge in [0, 0.05) is 34.1 Å². The Hall–Kier alpha value is -2.46. The standard InChI is InChI=1S/C34H54O9Si/c1-13-44(14-2,15-3)43-28-18-29(40-22(7)36)34(12)26(19(28)4)16-25-17-27(39-21(6)35)20(5)30(33(25,10)11)31(41-23(8)37)32(34)42-24(9)38/h25-29,31-32H,4,13-18H2,1-3,5-12H3/t25-,26-,27+,28+,29+,31-,32+,34+/m1/s1. The molecule has 0 heterocycles. The van der Waals surface area contributed by atoms with Crippen LogP contribution in [0.5, 0.6) is 0 Å². The van der Waals surface area contributed by atoms with Gasteiger partial charge in [0.2, 0.25) is 0 Å². The summed E-state index contributed by atoms with van der Waals surface area (Å²) < 4.78 is 31.4. The van der Waals surface area contributed by atoms with E-state index in [-0.39, 0.29) is 17.9 Å². The third-order valence-corrected chi connectivity index (χ3v) is 15.7. The van der Waals surface area contributed by atoms with Crippen LogP contribution in [0.3, 0.4) is 0 Å². The maximum Gasteiger partial charge on any atom is 0.303 e. The first kappa shape index (κ1) is 36.0. The molecular weight excluding hydrogens is 580 g/mol. The number of ether oxygens (including phenoxy) is 4. The summed E-state index contributed by atoms with van der Waals surface area (Å²) in [5.41, 5.74) is 0.868. The summed E-state index contributed by atoms with van der Waals surface area (Å²) in [6.07, 6.45) is -2.14. The smallest absolute Gasteiger partial charge is 0.303 e. The molecule has 3 rings (SSSR count). The molecule has 0 aromatic heterocycles. The average Bonchev–Trinajstić information content (AvgIpc) is 2.91. The van der Waals surface area contributed by atoms with Gasteiger partial charge in [0.25, 0.3) is 0 Å². The first-order valence-corrected chi connectivity index (χ1v) is 18.7. The fraction of sp³-hybridized carbons (Fsp3) is 0.765. The zero-order chi connectivity index (χ0) is 33.4. The Bertz CT molecular complexity index is 1180. The molecule has 0 unspecified atom stereocenters. The third-order valence-electron chi connectivity index (χ3n) is 11.1. The highest BCUT2D eigenvalue weighted by Crippen LogP contribution is 2.61. The van der Waals surface area contributed by atoms with Crippen molar-refractivity contribution in [2.24, 2.45) is 22.7 Å². The van der Waals surface area contributed by atoms with Gasteiger partial charge in [-0.25, -0.2) is 0 Å². The number of hydrogen-bond donors (Lipinski definition) is 0. The zero-order valence-electron chi connectivity index (χ0n) is 28.7. The average molecular weight is 635 g/mol. The summed E-state index contributed by atoms with van der Waals surface area (Å²) in [6, 6.07) is 2.84. The van der Waals surface area contributed by atoms with Crippen molar-refractivity contribution in [1.82, 2.24) is 0 Å². The van der Waals surface area contributed by atoms with Crippen molar-refractivity contribution in [3.63, 3.8) is 0 Å². The molecule has 0 aromatic carbocycles. The summed E-state index contributed by atoms with van der Waals surface area (Å²) in [5, 5.41) is 0. The van der Waals surface area contributed by atoms with Crippen LogP contribution in [-0.4, -0.2) is 62.7 Å². The molecule has 0 N–H and O–H groups in total. The molecule has 2 fully saturated rings. The normalized spacial score (nSPS) is 33.3. The Morgan fingerprint density at radius 3 is 1.77 bits per heavy atom. The van der Waals surface area contributed by atoms with Gasteiger partial charge in [-0.1, -0.05) is 48.1 Å². The van der Waals surface area contributed by atoms with Crippen molar-refractivity contribution in [2.75, 3.05) is 0 Å². The predicted octanol–water partition coefficient (Wildman–Crippen LogP) is 6.45. The number of hydrogen-bond acceptors (Lipinski definition) is 9. The molecule has 248 valence electrons. The highest BCUT2D eigenvalue weighted by atomic mass is 28.4. The van der Waals surface area contributed by atoms with Gasteiger partial charge >= 0.3 is 23.9 Å². The number of carbonyl (C=O) groups is 4. The Morgan fingerprint density at radius 1 is 0.773 bits per heavy atom. The molecule has 10 heteroatoms. The molecular formula is C34H54O9Si. The molecule has 2 bridgehead atoms. The van der Waals surface area contributed by atoms with Crippen LogP contribution in [-0.2, 0) is 42.6 Å². The molecule has 44 heavy (non-hydrogen) atoms. The van der Waals surface area contributed by atoms with E-state index in [0.717, 1.165) is 34.9 Å². The van der Waals surface area contributed by atoms with Gasteiger partial charge < -0.3 is 23.4 Å². The maximum absolute atomic E-state index is 12.9. The SMILES string of the molecule is C=C1[C@@H](O[Si](CC)(CC)CC)C[C@H](OC(C)=O)[C@]2(C)[C@@H]1C[C@@H]1C[C@H](OC(C)=O)C(C)=C([C@@H](OC(C)=O)[C@@H]2OC(C)=O)C1(C)C. The second kappa shape index (κ2) is 13.5. The first-order chi connectivity index (χ1) is 20.4. The van der Waals surface area contributed by atoms with Crippen molar-refractivity contribution in [3.05, 3.63) is 23.3 Å². The van der Waals surface area contributed by atoms with E-state index in [9.17, 15) is 19.2 Å². The van der Waals surface area contributed by atoms with Crippen LogP contribution in [0.25, 0.3) is 0 Å². The lowest BCUT2D eigenvalue weighted by Gasteiger charge is -2.60. The van der Waals surface area contributed by atoms with Crippen LogP contribution < -0.4 is 0 Å². The largest absolute Gasteiger partial charge is 0.462 e. The second-order valence-electron chi connectivity index (χ2n) is 13.8. The third kappa shape index (κ3) is 6.71. The molecule has 2 saturated carbocycles. The zero-order valence-corrected chi connectivity index (χ0v) is 29.7. The Morgan fingerprint density at radius 2 is 1.30 bits per heavy atom. The van der Waals surface area contributed by atoms with E-state index in [1.807, 2.05) is 13.8 Å². The van der Waals surface area contributed by atoms with Crippen LogP contribution in [0.15, 0.2) is 23.3 Å². The van der Waals surface area contributed by atoms with Gasteiger partial charge in [0.15, 0.2) is 20.5 Å². The topological polar surface area (TPSA) is 114 Å². The van der Waals surface area contributed by atoms with E-state index >= 15 is 0 Å². The van der Waals surface area contributed by atoms with E-state index in [2.05, 4.69) is 41.2 Å². The van der Waals surface area contributed by atoms with Gasteiger partial charge in [-0.05, 0) is 71.9 Å². The number of rotatable bonds is 9. The first-order valence-electron chi connectivity index (χ1n) is 16.1. The fourth-order valence-electron chi connectivity index (χ4n) is 8.42. The molecule has 0 spiro atoms. The summed E-state index contributed by atoms with van der Waals surface area (Å²) in [5.74, 6) is -2.32. The van der Waals surface area contributed by atoms with Crippen molar-refractivity contribution < 1.29 is 42.6 Å². The second-order valence-corrected chi connectivity index (χ2v) is 18.5. The Labute approximate surface area is 264 Å². The van der Waals surface area contributed by atoms with Crippen molar-refractivity contribution in [1.29, 1.82) is 0 Å². The molecule has 3 aliphatic carbocycles. The molecule has 3 aliphatic rings. The minimum atomic E-state index is -2.11. The van der Waals surface area contributed by atoms with Crippen LogP contribution in [0.1, 0.15) is 95.4 Å². The molecule has 0 aromatic rings. The molecule has 0 amide bonds. The van der Waals surface area contributed by atoms with Crippen LogP contribution in [0, 0.1) is 22.7 Å².